The summed E-state index contributed by atoms with van der Waals surface area (Å²) in [6, 6.07) is 2.43. The van der Waals surface area contributed by atoms with E-state index in [1.54, 1.807) is 0 Å². The van der Waals surface area contributed by atoms with Gasteiger partial charge in [-0.2, -0.15) is 10.2 Å². The van der Waals surface area contributed by atoms with Gasteiger partial charge in [0.1, 0.15) is 0 Å². The molecule has 5 nitrogen and oxygen atoms in total. The number of nitrogens with zero attached hydrogens (tertiary/aromatic N) is 4. The van der Waals surface area contributed by atoms with Gasteiger partial charge in [0.2, 0.25) is 0 Å². The van der Waals surface area contributed by atoms with Crippen LogP contribution < -0.4 is 5.32 Å². The number of rotatable bonds is 6. The van der Waals surface area contributed by atoms with Gasteiger partial charge < -0.3 is 5.32 Å². The van der Waals surface area contributed by atoms with Gasteiger partial charge in [-0.25, -0.2) is 0 Å². The summed E-state index contributed by atoms with van der Waals surface area (Å²) in [6.07, 6.45) is 6.85. The summed E-state index contributed by atoms with van der Waals surface area (Å²) in [5.41, 5.74) is 2.24. The second-order valence-corrected chi connectivity index (χ2v) is 4.71. The predicted octanol–water partition coefficient (Wildman–Crippen LogP) is 2.68. The molecule has 0 aliphatic heterocycles. The van der Waals surface area contributed by atoms with Crippen LogP contribution in [0.4, 0.5) is 5.69 Å². The molecule has 0 atom stereocenters. The molecule has 0 amide bonds. The van der Waals surface area contributed by atoms with Gasteiger partial charge in [0.25, 0.3) is 0 Å². The molecule has 2 aromatic heterocycles. The van der Waals surface area contributed by atoms with E-state index >= 15 is 0 Å². The van der Waals surface area contributed by atoms with Gasteiger partial charge >= 0.3 is 0 Å². The minimum Gasteiger partial charge on any atom is -0.377 e. The molecule has 98 valence electrons. The van der Waals surface area contributed by atoms with Crippen molar-refractivity contribution >= 4 is 5.69 Å². The third-order valence-electron chi connectivity index (χ3n) is 2.80. The third-order valence-corrected chi connectivity index (χ3v) is 2.80. The zero-order chi connectivity index (χ0) is 13.0. The van der Waals surface area contributed by atoms with Crippen LogP contribution in [0.25, 0.3) is 0 Å². The van der Waals surface area contributed by atoms with Crippen molar-refractivity contribution in [3.8, 4) is 0 Å². The van der Waals surface area contributed by atoms with E-state index in [9.17, 15) is 0 Å². The van der Waals surface area contributed by atoms with Crippen molar-refractivity contribution in [3.05, 3.63) is 30.4 Å². The van der Waals surface area contributed by atoms with Crippen molar-refractivity contribution < 1.29 is 0 Å². The van der Waals surface area contributed by atoms with Crippen LogP contribution in [0.2, 0.25) is 0 Å². The Labute approximate surface area is 108 Å². The SMILES string of the molecule is CCCn1cc(NCc2ccnn2C(C)C)cn1. The Balaban J connectivity index is 1.96. The maximum atomic E-state index is 4.32. The van der Waals surface area contributed by atoms with E-state index in [0.29, 0.717) is 6.04 Å². The fraction of sp³-hybridized carbons (Fsp3) is 0.538. The number of anilines is 1. The third kappa shape index (κ3) is 2.91. The Hall–Kier alpha value is -1.78. The van der Waals surface area contributed by atoms with Gasteiger partial charge in [-0.1, -0.05) is 6.92 Å². The van der Waals surface area contributed by atoms with Crippen molar-refractivity contribution in [2.45, 2.75) is 46.3 Å². The van der Waals surface area contributed by atoms with Crippen LogP contribution >= 0.6 is 0 Å². The summed E-state index contributed by atoms with van der Waals surface area (Å²) in [5, 5.41) is 12.0. The Bertz CT molecular complexity index is 483. The van der Waals surface area contributed by atoms with Crippen LogP contribution in [0, 0.1) is 0 Å². The molecule has 2 aromatic rings. The van der Waals surface area contributed by atoms with Crippen molar-refractivity contribution in [1.29, 1.82) is 0 Å². The number of aromatic nitrogens is 4. The monoisotopic (exact) mass is 247 g/mol. The van der Waals surface area contributed by atoms with Gasteiger partial charge in [-0.3, -0.25) is 9.36 Å². The average molecular weight is 247 g/mol. The molecule has 0 aliphatic rings. The minimum atomic E-state index is 0.389. The molecule has 0 spiro atoms. The maximum absolute atomic E-state index is 4.32. The normalized spacial score (nSPS) is 11.1. The topological polar surface area (TPSA) is 47.7 Å². The molecular weight excluding hydrogens is 226 g/mol. The lowest BCUT2D eigenvalue weighted by atomic mass is 10.3. The summed E-state index contributed by atoms with van der Waals surface area (Å²) in [7, 11) is 0. The molecule has 0 bridgehead atoms. The molecule has 0 saturated heterocycles. The van der Waals surface area contributed by atoms with Crippen molar-refractivity contribution in [1.82, 2.24) is 19.6 Å². The number of hydrogen-bond acceptors (Lipinski definition) is 3. The van der Waals surface area contributed by atoms with Crippen molar-refractivity contribution in [2.75, 3.05) is 5.32 Å². The van der Waals surface area contributed by atoms with Crippen LogP contribution in [0.3, 0.4) is 0 Å². The van der Waals surface area contributed by atoms with E-state index in [1.807, 2.05) is 34.0 Å². The van der Waals surface area contributed by atoms with Gasteiger partial charge in [-0.05, 0) is 26.3 Å². The summed E-state index contributed by atoms with van der Waals surface area (Å²) >= 11 is 0. The molecule has 0 unspecified atom stereocenters. The first-order valence-electron chi connectivity index (χ1n) is 6.49. The lowest BCUT2D eigenvalue weighted by molar-refractivity contribution is 0.512. The highest BCUT2D eigenvalue weighted by molar-refractivity contribution is 5.38. The van der Waals surface area contributed by atoms with Crippen LogP contribution in [-0.2, 0) is 13.1 Å². The summed E-state index contributed by atoms with van der Waals surface area (Å²) in [5.74, 6) is 0. The smallest absolute Gasteiger partial charge is 0.0729 e. The molecule has 0 aliphatic carbocycles. The Kier molecular flexibility index (Phi) is 4.02. The molecule has 18 heavy (non-hydrogen) atoms. The van der Waals surface area contributed by atoms with E-state index < -0.39 is 0 Å². The second kappa shape index (κ2) is 5.71. The Morgan fingerprint density at radius 2 is 2.17 bits per heavy atom. The molecule has 2 rings (SSSR count). The van der Waals surface area contributed by atoms with Crippen molar-refractivity contribution in [2.24, 2.45) is 0 Å². The Morgan fingerprint density at radius 1 is 1.33 bits per heavy atom. The quantitative estimate of drug-likeness (QED) is 0.853. The molecular formula is C13H21N5. The highest BCUT2D eigenvalue weighted by Gasteiger charge is 2.05. The first-order chi connectivity index (χ1) is 8.70. The van der Waals surface area contributed by atoms with E-state index in [4.69, 9.17) is 0 Å². The maximum Gasteiger partial charge on any atom is 0.0729 e. The number of hydrogen-bond donors (Lipinski definition) is 1. The van der Waals surface area contributed by atoms with E-state index in [1.165, 1.54) is 5.69 Å². The van der Waals surface area contributed by atoms with Crippen molar-refractivity contribution in [3.63, 3.8) is 0 Å². The summed E-state index contributed by atoms with van der Waals surface area (Å²) in [6.45, 7) is 8.16. The predicted molar refractivity (Wildman–Crippen MR) is 72.5 cm³/mol. The zero-order valence-corrected chi connectivity index (χ0v) is 11.3. The lowest BCUT2D eigenvalue weighted by Crippen LogP contribution is -2.10. The molecule has 0 fully saturated rings. The largest absolute Gasteiger partial charge is 0.377 e. The van der Waals surface area contributed by atoms with Crippen LogP contribution in [-0.4, -0.2) is 19.6 Å². The standard InChI is InChI=1S/C13H21N5/c1-4-7-17-10-12(8-16-17)14-9-13-5-6-15-18(13)11(2)3/h5-6,8,10-11,14H,4,7,9H2,1-3H3. The number of nitrogens with one attached hydrogen (secondary N) is 1. The van der Waals surface area contributed by atoms with E-state index in [-0.39, 0.29) is 0 Å². The molecule has 0 aromatic carbocycles. The molecule has 2 heterocycles. The second-order valence-electron chi connectivity index (χ2n) is 4.71. The highest BCUT2D eigenvalue weighted by atomic mass is 15.3. The van der Waals surface area contributed by atoms with E-state index in [2.05, 4.69) is 36.3 Å². The van der Waals surface area contributed by atoms with Gasteiger partial charge in [-0.15, -0.1) is 0 Å². The zero-order valence-electron chi connectivity index (χ0n) is 11.3. The molecule has 1 N–H and O–H groups in total. The highest BCUT2D eigenvalue weighted by Crippen LogP contribution is 2.11. The molecule has 5 heteroatoms. The average Bonchev–Trinajstić information content (AvgIpc) is 2.95. The summed E-state index contributed by atoms with van der Waals surface area (Å²) < 4.78 is 3.99. The van der Waals surface area contributed by atoms with Crippen LogP contribution in [0.1, 0.15) is 38.9 Å². The summed E-state index contributed by atoms with van der Waals surface area (Å²) in [4.78, 5) is 0. The van der Waals surface area contributed by atoms with Gasteiger partial charge in [0.05, 0.1) is 24.1 Å². The van der Waals surface area contributed by atoms with Crippen LogP contribution in [0.15, 0.2) is 24.7 Å². The van der Waals surface area contributed by atoms with E-state index in [0.717, 1.165) is 25.2 Å². The first kappa shape index (κ1) is 12.7. The minimum absolute atomic E-state index is 0.389. The molecule has 0 saturated carbocycles. The lowest BCUT2D eigenvalue weighted by Gasteiger charge is -2.11. The van der Waals surface area contributed by atoms with Gasteiger partial charge in [0, 0.05) is 25.0 Å². The van der Waals surface area contributed by atoms with Crippen LogP contribution in [0.5, 0.6) is 0 Å². The Morgan fingerprint density at radius 3 is 2.89 bits per heavy atom. The fourth-order valence-corrected chi connectivity index (χ4v) is 1.95. The van der Waals surface area contributed by atoms with Gasteiger partial charge in [0.15, 0.2) is 0 Å². The molecule has 0 radical (unpaired) electrons. The first-order valence-corrected chi connectivity index (χ1v) is 6.49. The number of aryl methyl sites for hydroxylation is 1. The fourth-order valence-electron chi connectivity index (χ4n) is 1.95.